The van der Waals surface area contributed by atoms with E-state index in [2.05, 4.69) is 29.3 Å². The minimum Gasteiger partial charge on any atom is -0.292 e. The zero-order chi connectivity index (χ0) is 14.8. The lowest BCUT2D eigenvalue weighted by Crippen LogP contribution is -2.19. The SMILES string of the molecule is CN=C1CC[C@@H](c2ccc(Cl)c(CCl)c2)C2=C1C=CCC2. The predicted molar refractivity (Wildman–Crippen MR) is 91.7 cm³/mol. The van der Waals surface area contributed by atoms with Crippen molar-refractivity contribution in [1.29, 1.82) is 0 Å². The van der Waals surface area contributed by atoms with Crippen LogP contribution in [-0.4, -0.2) is 12.8 Å². The third-order valence-electron chi connectivity index (χ3n) is 4.50. The highest BCUT2D eigenvalue weighted by Gasteiger charge is 2.28. The standard InChI is InChI=1S/C18H19Cl2N/c1-21-18-9-7-14(15-4-2-3-5-16(15)18)12-6-8-17(20)13(10-12)11-19/h3,5-6,8,10,14H,2,4,7,9,11H2,1H3/t14-/m0/s1. The summed E-state index contributed by atoms with van der Waals surface area (Å²) in [5, 5.41) is 0.762. The van der Waals surface area contributed by atoms with Crippen LogP contribution in [0.25, 0.3) is 0 Å². The Bertz CT molecular complexity index is 641. The minimum absolute atomic E-state index is 0.465. The van der Waals surface area contributed by atoms with E-state index in [1.807, 2.05) is 13.1 Å². The first-order chi connectivity index (χ1) is 10.2. The topological polar surface area (TPSA) is 12.4 Å². The number of hydrogen-bond donors (Lipinski definition) is 0. The van der Waals surface area contributed by atoms with Gasteiger partial charge in [0.2, 0.25) is 0 Å². The number of alkyl halides is 1. The summed E-state index contributed by atoms with van der Waals surface area (Å²) in [6, 6.07) is 6.31. The summed E-state index contributed by atoms with van der Waals surface area (Å²) in [4.78, 5) is 4.47. The van der Waals surface area contributed by atoms with Crippen LogP contribution in [-0.2, 0) is 5.88 Å². The maximum atomic E-state index is 6.19. The molecular weight excluding hydrogens is 301 g/mol. The highest BCUT2D eigenvalue weighted by molar-refractivity contribution is 6.32. The lowest BCUT2D eigenvalue weighted by molar-refractivity contribution is 0.666. The van der Waals surface area contributed by atoms with Gasteiger partial charge >= 0.3 is 0 Å². The average Bonchev–Trinajstić information content (AvgIpc) is 2.54. The van der Waals surface area contributed by atoms with Gasteiger partial charge in [0.1, 0.15) is 0 Å². The zero-order valence-corrected chi connectivity index (χ0v) is 13.7. The van der Waals surface area contributed by atoms with Crippen molar-refractivity contribution >= 4 is 28.9 Å². The van der Waals surface area contributed by atoms with Gasteiger partial charge in [-0.25, -0.2) is 0 Å². The Balaban J connectivity index is 2.04. The Hall–Kier alpha value is -1.05. The van der Waals surface area contributed by atoms with E-state index in [-0.39, 0.29) is 0 Å². The van der Waals surface area contributed by atoms with Crippen LogP contribution in [0.5, 0.6) is 0 Å². The van der Waals surface area contributed by atoms with Gasteiger partial charge in [-0.1, -0.05) is 41.5 Å². The van der Waals surface area contributed by atoms with E-state index in [0.29, 0.717) is 11.8 Å². The van der Waals surface area contributed by atoms with Crippen molar-refractivity contribution in [3.8, 4) is 0 Å². The Morgan fingerprint density at radius 2 is 2.14 bits per heavy atom. The highest BCUT2D eigenvalue weighted by atomic mass is 35.5. The van der Waals surface area contributed by atoms with Gasteiger partial charge in [-0.15, -0.1) is 11.6 Å². The van der Waals surface area contributed by atoms with Crippen LogP contribution in [0.1, 0.15) is 42.7 Å². The predicted octanol–water partition coefficient (Wildman–Crippen LogP) is 5.67. The third-order valence-corrected chi connectivity index (χ3v) is 5.15. The molecule has 1 nitrogen and oxygen atoms in total. The molecule has 0 fully saturated rings. The Kier molecular flexibility index (Phi) is 4.51. The first-order valence-electron chi connectivity index (χ1n) is 7.44. The molecule has 0 radical (unpaired) electrons. The van der Waals surface area contributed by atoms with Crippen molar-refractivity contribution in [2.24, 2.45) is 4.99 Å². The van der Waals surface area contributed by atoms with Crippen LogP contribution in [0.15, 0.2) is 46.5 Å². The lowest BCUT2D eigenvalue weighted by atomic mass is 9.74. The van der Waals surface area contributed by atoms with Crippen molar-refractivity contribution in [1.82, 2.24) is 0 Å². The van der Waals surface area contributed by atoms with Crippen LogP contribution in [0, 0.1) is 0 Å². The molecule has 0 aliphatic heterocycles. The molecule has 1 aromatic carbocycles. The van der Waals surface area contributed by atoms with E-state index in [1.54, 1.807) is 0 Å². The van der Waals surface area contributed by atoms with Gasteiger partial charge in [0.15, 0.2) is 0 Å². The molecule has 0 unspecified atom stereocenters. The van der Waals surface area contributed by atoms with Crippen LogP contribution in [0.3, 0.4) is 0 Å². The van der Waals surface area contributed by atoms with Crippen molar-refractivity contribution in [3.05, 3.63) is 57.6 Å². The molecular formula is C18H19Cl2N. The summed E-state index contributed by atoms with van der Waals surface area (Å²) in [5.74, 6) is 0.946. The first kappa shape index (κ1) is 14.9. The fourth-order valence-electron chi connectivity index (χ4n) is 3.43. The highest BCUT2D eigenvalue weighted by Crippen LogP contribution is 2.41. The second-order valence-electron chi connectivity index (χ2n) is 5.63. The summed E-state index contributed by atoms with van der Waals surface area (Å²) in [6.07, 6.45) is 8.95. The molecule has 21 heavy (non-hydrogen) atoms. The number of halogens is 2. The molecule has 0 aromatic heterocycles. The number of aliphatic imine (C=N–C) groups is 1. The van der Waals surface area contributed by atoms with E-state index in [9.17, 15) is 0 Å². The monoisotopic (exact) mass is 319 g/mol. The van der Waals surface area contributed by atoms with Crippen molar-refractivity contribution in [3.63, 3.8) is 0 Å². The van der Waals surface area contributed by atoms with E-state index >= 15 is 0 Å². The zero-order valence-electron chi connectivity index (χ0n) is 12.2. The second-order valence-corrected chi connectivity index (χ2v) is 6.30. The maximum Gasteiger partial charge on any atom is 0.0488 e. The van der Waals surface area contributed by atoms with Gasteiger partial charge in [0, 0.05) is 29.6 Å². The van der Waals surface area contributed by atoms with Gasteiger partial charge in [-0.3, -0.25) is 4.99 Å². The average molecular weight is 320 g/mol. The quantitative estimate of drug-likeness (QED) is 0.622. The summed E-state index contributed by atoms with van der Waals surface area (Å²) < 4.78 is 0. The summed E-state index contributed by atoms with van der Waals surface area (Å²) in [5.41, 5.74) is 6.52. The van der Waals surface area contributed by atoms with Gasteiger partial charge < -0.3 is 0 Å². The number of hydrogen-bond acceptors (Lipinski definition) is 1. The number of allylic oxidation sites excluding steroid dienone is 4. The van der Waals surface area contributed by atoms with E-state index in [4.69, 9.17) is 23.2 Å². The lowest BCUT2D eigenvalue weighted by Gasteiger charge is -2.31. The Morgan fingerprint density at radius 1 is 1.29 bits per heavy atom. The van der Waals surface area contributed by atoms with Gasteiger partial charge in [-0.2, -0.15) is 0 Å². The largest absolute Gasteiger partial charge is 0.292 e. The molecule has 3 heteroatoms. The molecule has 0 amide bonds. The van der Waals surface area contributed by atoms with Crippen LogP contribution in [0.4, 0.5) is 0 Å². The van der Waals surface area contributed by atoms with Crippen molar-refractivity contribution in [2.75, 3.05) is 7.05 Å². The Labute approximate surface area is 136 Å². The second kappa shape index (κ2) is 6.37. The number of rotatable bonds is 2. The fraction of sp³-hybridized carbons (Fsp3) is 0.389. The smallest absolute Gasteiger partial charge is 0.0488 e. The van der Waals surface area contributed by atoms with E-state index < -0.39 is 0 Å². The molecule has 0 bridgehead atoms. The number of benzene rings is 1. The summed E-state index contributed by atoms with van der Waals surface area (Å²) in [6.45, 7) is 0. The molecule has 0 saturated carbocycles. The fourth-order valence-corrected chi connectivity index (χ4v) is 3.90. The molecule has 110 valence electrons. The van der Waals surface area contributed by atoms with E-state index in [0.717, 1.165) is 36.3 Å². The normalized spacial score (nSPS) is 23.6. The summed E-state index contributed by atoms with van der Waals surface area (Å²) >= 11 is 12.2. The third kappa shape index (κ3) is 2.82. The van der Waals surface area contributed by atoms with Crippen LogP contribution < -0.4 is 0 Å². The molecule has 2 aliphatic rings. The van der Waals surface area contributed by atoms with E-state index in [1.165, 1.54) is 22.4 Å². The molecule has 0 saturated heterocycles. The minimum atomic E-state index is 0.465. The van der Waals surface area contributed by atoms with Gasteiger partial charge in [-0.05, 0) is 48.4 Å². The van der Waals surface area contributed by atoms with Crippen molar-refractivity contribution < 1.29 is 0 Å². The van der Waals surface area contributed by atoms with Crippen LogP contribution in [0.2, 0.25) is 5.02 Å². The van der Waals surface area contributed by atoms with Crippen LogP contribution >= 0.6 is 23.2 Å². The molecule has 0 spiro atoms. The maximum absolute atomic E-state index is 6.19. The molecule has 2 aliphatic carbocycles. The van der Waals surface area contributed by atoms with Crippen molar-refractivity contribution in [2.45, 2.75) is 37.5 Å². The molecule has 1 atom stereocenters. The van der Waals surface area contributed by atoms with Gasteiger partial charge in [0.05, 0.1) is 0 Å². The molecule has 0 N–H and O–H groups in total. The first-order valence-corrected chi connectivity index (χ1v) is 8.35. The number of nitrogens with zero attached hydrogens (tertiary/aromatic N) is 1. The van der Waals surface area contributed by atoms with Gasteiger partial charge in [0.25, 0.3) is 0 Å². The Morgan fingerprint density at radius 3 is 2.90 bits per heavy atom. The molecule has 1 aromatic rings. The molecule has 3 rings (SSSR count). The molecule has 0 heterocycles. The summed E-state index contributed by atoms with van der Waals surface area (Å²) in [7, 11) is 1.90.